The van der Waals surface area contributed by atoms with Crippen molar-refractivity contribution in [3.63, 3.8) is 0 Å². The molecule has 0 saturated carbocycles. The second kappa shape index (κ2) is 26.4. The number of carbonyl (C=O) groups is 4. The van der Waals surface area contributed by atoms with Gasteiger partial charge in [-0.15, -0.1) is 0 Å². The molecule has 0 aromatic rings. The van der Waals surface area contributed by atoms with Crippen LogP contribution in [0.5, 0.6) is 0 Å². The van der Waals surface area contributed by atoms with E-state index in [0.717, 1.165) is 51.4 Å². The second-order valence-electron chi connectivity index (χ2n) is 23.1. The number of carboxylic acid groups (broad SMARTS) is 2. The number of carboxylic acids is 2. The van der Waals surface area contributed by atoms with E-state index in [2.05, 4.69) is 79.0 Å². The van der Waals surface area contributed by atoms with Crippen LogP contribution >= 0.6 is 0 Å². The molecule has 64 heavy (non-hydrogen) atoms. The number of rotatable bonds is 32. The molecule has 0 amide bonds. The van der Waals surface area contributed by atoms with Crippen LogP contribution in [0.15, 0.2) is 0 Å². The monoisotopic (exact) mass is 905 g/mol. The summed E-state index contributed by atoms with van der Waals surface area (Å²) in [6.45, 7) is 22.7. The van der Waals surface area contributed by atoms with Gasteiger partial charge in [0.05, 0.1) is 0 Å². The molecule has 2 saturated heterocycles. The molecule has 2 fully saturated rings. The third kappa shape index (κ3) is 15.4. The minimum atomic E-state index is -3.14. The number of aliphatic carboxylic acids is 2. The average Bonchev–Trinajstić information content (AvgIpc) is 3.18. The van der Waals surface area contributed by atoms with E-state index in [1.807, 2.05) is 14.1 Å². The van der Waals surface area contributed by atoms with Crippen molar-refractivity contribution in [1.82, 2.24) is 9.80 Å². The van der Waals surface area contributed by atoms with E-state index in [9.17, 15) is 19.8 Å². The van der Waals surface area contributed by atoms with Gasteiger partial charge in [-0.2, -0.15) is 0 Å². The summed E-state index contributed by atoms with van der Waals surface area (Å²) in [5.74, 6) is -6.68. The van der Waals surface area contributed by atoms with Crippen LogP contribution in [0.2, 0.25) is 0 Å². The molecule has 2 unspecified atom stereocenters. The fraction of sp³-hybridized carbons (Fsp3) is 0.926. The number of carbonyl (C=O) groups excluding carboxylic acids is 2. The summed E-state index contributed by atoms with van der Waals surface area (Å²) in [7, 11) is 4.06. The molecule has 0 aromatic heterocycles. The number of hydrogen-bond donors (Lipinski definition) is 2. The van der Waals surface area contributed by atoms with Crippen molar-refractivity contribution in [1.29, 1.82) is 0 Å². The predicted molar refractivity (Wildman–Crippen MR) is 262 cm³/mol. The molecule has 0 bridgehead atoms. The molecule has 0 spiro atoms. The first-order chi connectivity index (χ1) is 29.9. The molecule has 2 heterocycles. The van der Waals surface area contributed by atoms with Crippen LogP contribution in [0, 0.1) is 16.7 Å². The topological polar surface area (TPSA) is 134 Å². The van der Waals surface area contributed by atoms with Gasteiger partial charge in [0.25, 0.3) is 5.41 Å². The number of piperidine rings is 2. The molecule has 10 nitrogen and oxygen atoms in total. The summed E-state index contributed by atoms with van der Waals surface area (Å²) in [4.78, 5) is 64.1. The zero-order valence-corrected chi connectivity index (χ0v) is 43.8. The molecule has 2 N–H and O–H groups in total. The molecule has 0 aliphatic carbocycles. The quantitative estimate of drug-likeness (QED) is 0.0382. The van der Waals surface area contributed by atoms with Crippen LogP contribution in [-0.4, -0.2) is 92.3 Å². The smallest absolute Gasteiger partial charge is 0.336 e. The van der Waals surface area contributed by atoms with Crippen LogP contribution < -0.4 is 0 Å². The van der Waals surface area contributed by atoms with E-state index in [4.69, 9.17) is 9.47 Å². The van der Waals surface area contributed by atoms with E-state index in [1.54, 1.807) is 6.92 Å². The predicted octanol–water partition coefficient (Wildman–Crippen LogP) is 13.6. The number of nitrogens with zero attached hydrogens (tertiary/aromatic N) is 2. The molecule has 2 aliphatic heterocycles. The summed E-state index contributed by atoms with van der Waals surface area (Å²) in [5, 5.41) is 23.4. The lowest BCUT2D eigenvalue weighted by atomic mass is 9.54. The zero-order chi connectivity index (χ0) is 48.4. The molecular weight excluding hydrogens is 805 g/mol. The molecule has 2 rings (SSSR count). The number of ether oxygens (including phenoxy) is 2. The number of likely N-dealkylation sites (tertiary alicyclic amines) is 2. The first kappa shape index (κ1) is 57.9. The first-order valence-electron chi connectivity index (χ1n) is 26.3. The Labute approximate surface area is 392 Å². The Balaban J connectivity index is 2.61. The molecule has 2 atom stereocenters. The second-order valence-corrected chi connectivity index (χ2v) is 23.1. The van der Waals surface area contributed by atoms with Crippen molar-refractivity contribution in [3.8, 4) is 0 Å². The Morgan fingerprint density at radius 1 is 0.500 bits per heavy atom. The van der Waals surface area contributed by atoms with Gasteiger partial charge in [-0.05, 0) is 88.2 Å². The molecule has 10 heteroatoms. The normalized spacial score (nSPS) is 20.6. The third-order valence-corrected chi connectivity index (χ3v) is 16.3. The lowest BCUT2D eigenvalue weighted by Crippen LogP contribution is -2.67. The summed E-state index contributed by atoms with van der Waals surface area (Å²) >= 11 is 0. The van der Waals surface area contributed by atoms with Crippen molar-refractivity contribution < 1.29 is 38.9 Å². The number of hydrogen-bond acceptors (Lipinski definition) is 8. The van der Waals surface area contributed by atoms with Crippen LogP contribution in [-0.2, 0) is 28.7 Å². The minimum Gasteiger partial charge on any atom is -0.481 e. The van der Waals surface area contributed by atoms with Crippen LogP contribution in [0.25, 0.3) is 0 Å². The highest BCUT2D eigenvalue weighted by molar-refractivity contribution is 6.21. The van der Waals surface area contributed by atoms with Crippen molar-refractivity contribution >= 4 is 23.9 Å². The van der Waals surface area contributed by atoms with Gasteiger partial charge in [0.2, 0.25) is 0 Å². The highest BCUT2D eigenvalue weighted by Gasteiger charge is 2.75. The van der Waals surface area contributed by atoms with Gasteiger partial charge < -0.3 is 19.7 Å². The van der Waals surface area contributed by atoms with E-state index in [1.165, 1.54) is 70.6 Å². The first-order valence-corrected chi connectivity index (χ1v) is 26.3. The van der Waals surface area contributed by atoms with Crippen molar-refractivity contribution in [2.45, 2.75) is 290 Å². The van der Waals surface area contributed by atoms with Gasteiger partial charge >= 0.3 is 23.9 Å². The Bertz CT molecular complexity index is 1330. The van der Waals surface area contributed by atoms with Crippen LogP contribution in [0.4, 0.5) is 0 Å². The number of esters is 2. The van der Waals surface area contributed by atoms with E-state index in [-0.39, 0.29) is 6.42 Å². The van der Waals surface area contributed by atoms with Crippen LogP contribution in [0.3, 0.4) is 0 Å². The van der Waals surface area contributed by atoms with E-state index in [0.29, 0.717) is 51.4 Å². The highest BCUT2D eigenvalue weighted by atomic mass is 16.6. The van der Waals surface area contributed by atoms with Crippen molar-refractivity contribution in [2.24, 2.45) is 16.7 Å². The fourth-order valence-corrected chi connectivity index (χ4v) is 11.7. The van der Waals surface area contributed by atoms with E-state index < -0.39 is 75.0 Å². The lowest BCUT2D eigenvalue weighted by molar-refractivity contribution is -0.214. The lowest BCUT2D eigenvalue weighted by Gasteiger charge is -2.54. The summed E-state index contributed by atoms with van der Waals surface area (Å²) in [6, 6.07) is 0. The van der Waals surface area contributed by atoms with Gasteiger partial charge in [0.15, 0.2) is 0 Å². The molecule has 0 radical (unpaired) electrons. The standard InChI is InChI=1S/C54H100N2O8/c1-14-16-18-20-22-24-26-28-30-32-34-36-42(3)53(45(57)58,37-35-33-31-29-27-25-23-21-19-17-15-2)54(46(59)60,47(61)63-43-38-49(4,5)55(12)50(6,7)39-43)48(62)64-44-40-51(8,9)56(13)52(10,11)41-44/h42-44H,14-41H2,1-13H3,(H,57,58)(H,59,60). The summed E-state index contributed by atoms with van der Waals surface area (Å²) in [5.41, 5.74) is -7.15. The Hall–Kier alpha value is -2.20. The Morgan fingerprint density at radius 2 is 0.781 bits per heavy atom. The van der Waals surface area contributed by atoms with E-state index >= 15 is 9.59 Å². The summed E-state index contributed by atoms with van der Waals surface area (Å²) < 4.78 is 12.7. The van der Waals surface area contributed by atoms with Gasteiger partial charge in [0.1, 0.15) is 17.6 Å². The van der Waals surface area contributed by atoms with Crippen molar-refractivity contribution in [2.75, 3.05) is 14.1 Å². The minimum absolute atomic E-state index is 0.149. The third-order valence-electron chi connectivity index (χ3n) is 16.3. The van der Waals surface area contributed by atoms with Gasteiger partial charge in [0, 0.05) is 47.8 Å². The largest absolute Gasteiger partial charge is 0.481 e. The van der Waals surface area contributed by atoms with Crippen molar-refractivity contribution in [3.05, 3.63) is 0 Å². The zero-order valence-electron chi connectivity index (χ0n) is 43.8. The summed E-state index contributed by atoms with van der Waals surface area (Å²) in [6.07, 6.45) is 24.0. The highest BCUT2D eigenvalue weighted by Crippen LogP contribution is 2.55. The van der Waals surface area contributed by atoms with Gasteiger partial charge in [-0.25, -0.2) is 0 Å². The maximum atomic E-state index is 15.4. The molecular formula is C54H100N2O8. The molecule has 0 aromatic carbocycles. The Morgan fingerprint density at radius 3 is 1.06 bits per heavy atom. The Kier molecular flexibility index (Phi) is 23.9. The van der Waals surface area contributed by atoms with Gasteiger partial charge in [-0.1, -0.05) is 162 Å². The maximum Gasteiger partial charge on any atom is 0.336 e. The SMILES string of the molecule is CCCCCCCCCCCCCC(C)C(CCCCCCCCCCCCC)(C(=O)O)C(C(=O)O)(C(=O)OC1CC(C)(C)N(C)C(C)(C)C1)C(=O)OC1CC(C)(C)N(C)C(C)(C)C1. The number of unbranched alkanes of at least 4 members (excludes halogenated alkanes) is 20. The fourth-order valence-electron chi connectivity index (χ4n) is 11.7. The maximum absolute atomic E-state index is 15.4. The molecule has 374 valence electrons. The molecule has 2 aliphatic rings. The average molecular weight is 905 g/mol. The van der Waals surface area contributed by atoms with Crippen LogP contribution in [0.1, 0.15) is 256 Å². The van der Waals surface area contributed by atoms with Gasteiger partial charge in [-0.3, -0.25) is 29.0 Å².